The Kier molecular flexibility index (Phi) is 6.93. The molecule has 0 spiro atoms. The Morgan fingerprint density at radius 2 is 1.97 bits per heavy atom. The van der Waals surface area contributed by atoms with Crippen LogP contribution in [0.3, 0.4) is 0 Å². The third-order valence-electron chi connectivity index (χ3n) is 7.95. The predicted molar refractivity (Wildman–Crippen MR) is 129 cm³/mol. The first-order valence-electron chi connectivity index (χ1n) is 12.4. The highest BCUT2D eigenvalue weighted by atomic mass is 35.5. The average Bonchev–Trinajstić information content (AvgIpc) is 3.65. The second kappa shape index (κ2) is 10.0. The van der Waals surface area contributed by atoms with Crippen molar-refractivity contribution in [3.63, 3.8) is 0 Å². The highest BCUT2D eigenvalue weighted by Gasteiger charge is 2.50. The van der Waals surface area contributed by atoms with Gasteiger partial charge in [0.25, 0.3) is 5.91 Å². The number of nitrogens with zero attached hydrogens (tertiary/aromatic N) is 1. The molecule has 5 rings (SSSR count). The molecule has 2 aromatic rings. The summed E-state index contributed by atoms with van der Waals surface area (Å²) >= 11 is 5.98. The minimum absolute atomic E-state index is 0.0198. The summed E-state index contributed by atoms with van der Waals surface area (Å²) in [5.41, 5.74) is -0.150. The molecule has 0 radical (unpaired) electrons. The highest BCUT2D eigenvalue weighted by molar-refractivity contribution is 6.35. The summed E-state index contributed by atoms with van der Waals surface area (Å²) in [4.78, 5) is 55.7. The van der Waals surface area contributed by atoms with Crippen molar-refractivity contribution in [2.45, 2.75) is 44.2 Å². The molecule has 3 heterocycles. The molecule has 5 unspecified atom stereocenters. The Morgan fingerprint density at radius 1 is 1.19 bits per heavy atom. The van der Waals surface area contributed by atoms with Gasteiger partial charge >= 0.3 is 0 Å². The number of Topliss-reactive ketones (excluding diaryl/α,β-unsaturated/α-hetero) is 1. The smallest absolute Gasteiger partial charge is 0.271 e. The van der Waals surface area contributed by atoms with Gasteiger partial charge < -0.3 is 25.6 Å². The maximum atomic E-state index is 14.3. The molecule has 0 bridgehead atoms. The Hall–Kier alpha value is -3.05. The number of nitrogens with one attached hydrogen (secondary N) is 3. The van der Waals surface area contributed by atoms with Crippen molar-refractivity contribution < 1.29 is 33.1 Å². The van der Waals surface area contributed by atoms with Crippen molar-refractivity contribution in [3.8, 4) is 0 Å². The Bertz CT molecular complexity index is 1280. The third-order valence-corrected chi connectivity index (χ3v) is 8.33. The van der Waals surface area contributed by atoms with E-state index >= 15 is 0 Å². The van der Waals surface area contributed by atoms with Crippen molar-refractivity contribution in [2.24, 2.45) is 17.8 Å². The van der Waals surface area contributed by atoms with E-state index in [-0.39, 0.29) is 45.8 Å². The Labute approximate surface area is 215 Å². The van der Waals surface area contributed by atoms with Crippen LogP contribution in [0.5, 0.6) is 0 Å². The minimum Gasteiger partial charge on any atom is -0.389 e. The average molecular weight is 537 g/mol. The second-order valence-corrected chi connectivity index (χ2v) is 10.5. The van der Waals surface area contributed by atoms with E-state index in [1.165, 1.54) is 11.0 Å². The van der Waals surface area contributed by atoms with Crippen LogP contribution in [-0.4, -0.2) is 70.3 Å². The van der Waals surface area contributed by atoms with E-state index in [0.29, 0.717) is 32.0 Å². The first kappa shape index (κ1) is 25.6. The lowest BCUT2D eigenvalue weighted by Crippen LogP contribution is -2.53. The molecule has 198 valence electrons. The topological polar surface area (TPSA) is 132 Å². The SMILES string of the molecule is O=C1NCCC1CC(NC(=O)C1C2CCCC2CN1C(=O)c1cc2c(Cl)c(F)cc(F)c2[nH]1)C(=O)CO. The van der Waals surface area contributed by atoms with Crippen LogP contribution in [0.1, 0.15) is 42.6 Å². The second-order valence-electron chi connectivity index (χ2n) is 10.1. The van der Waals surface area contributed by atoms with Crippen LogP contribution in [0, 0.1) is 29.4 Å². The maximum absolute atomic E-state index is 14.3. The number of aromatic nitrogens is 1. The zero-order valence-electron chi connectivity index (χ0n) is 19.9. The third kappa shape index (κ3) is 4.59. The van der Waals surface area contributed by atoms with Gasteiger partial charge in [0.1, 0.15) is 30.0 Å². The summed E-state index contributed by atoms with van der Waals surface area (Å²) in [6, 6.07) is -0.0662. The highest BCUT2D eigenvalue weighted by Crippen LogP contribution is 2.43. The number of halogens is 3. The number of aliphatic hydroxyl groups excluding tert-OH is 1. The number of hydrogen-bond acceptors (Lipinski definition) is 5. The summed E-state index contributed by atoms with van der Waals surface area (Å²) in [6.07, 6.45) is 3.01. The molecule has 12 heteroatoms. The van der Waals surface area contributed by atoms with Gasteiger partial charge in [-0.2, -0.15) is 0 Å². The van der Waals surface area contributed by atoms with Gasteiger partial charge in [0.2, 0.25) is 11.8 Å². The Morgan fingerprint density at radius 3 is 2.68 bits per heavy atom. The van der Waals surface area contributed by atoms with Crippen LogP contribution >= 0.6 is 11.6 Å². The number of carbonyl (C=O) groups excluding carboxylic acids is 4. The van der Waals surface area contributed by atoms with Gasteiger partial charge in [-0.15, -0.1) is 0 Å². The number of hydrogen-bond donors (Lipinski definition) is 4. The van der Waals surface area contributed by atoms with Crippen molar-refractivity contribution >= 4 is 46.0 Å². The lowest BCUT2D eigenvalue weighted by atomic mass is 9.92. The molecule has 4 N–H and O–H groups in total. The molecule has 2 aliphatic heterocycles. The molecule has 2 saturated heterocycles. The first-order chi connectivity index (χ1) is 17.7. The molecule has 1 aliphatic carbocycles. The van der Waals surface area contributed by atoms with E-state index < -0.39 is 53.8 Å². The molecule has 3 aliphatic rings. The number of amides is 3. The number of rotatable bonds is 7. The van der Waals surface area contributed by atoms with Crippen LogP contribution in [0.2, 0.25) is 5.02 Å². The summed E-state index contributed by atoms with van der Waals surface area (Å²) in [6.45, 7) is -0.0209. The predicted octanol–water partition coefficient (Wildman–Crippen LogP) is 1.91. The number of carbonyl (C=O) groups is 4. The molecule has 5 atom stereocenters. The zero-order valence-corrected chi connectivity index (χ0v) is 20.6. The van der Waals surface area contributed by atoms with Gasteiger partial charge in [0.05, 0.1) is 16.6 Å². The fraction of sp³-hybridized carbons (Fsp3) is 0.520. The molecule has 1 saturated carbocycles. The van der Waals surface area contributed by atoms with E-state index in [1.807, 2.05) is 0 Å². The van der Waals surface area contributed by atoms with Crippen molar-refractivity contribution in [1.82, 2.24) is 20.5 Å². The summed E-state index contributed by atoms with van der Waals surface area (Å²) in [5, 5.41) is 14.5. The largest absolute Gasteiger partial charge is 0.389 e. The molecule has 9 nitrogen and oxygen atoms in total. The standard InChI is InChI=1S/C25H27ClF2N4O5/c26-20-14-7-18(30-21(14)16(28)8-15(20)27)25(37)32-9-12-2-1-3-13(12)22(32)24(36)31-17(19(34)10-33)6-11-4-5-29-23(11)35/h7-8,11-13,17,22,30,33H,1-6,9-10H2,(H,29,35)(H,31,36). The Balaban J connectivity index is 1.41. The summed E-state index contributed by atoms with van der Waals surface area (Å²) in [7, 11) is 0. The zero-order chi connectivity index (χ0) is 26.4. The van der Waals surface area contributed by atoms with Gasteiger partial charge in [-0.1, -0.05) is 18.0 Å². The quantitative estimate of drug-likeness (QED) is 0.401. The lowest BCUT2D eigenvalue weighted by molar-refractivity contribution is -0.133. The van der Waals surface area contributed by atoms with Gasteiger partial charge in [0.15, 0.2) is 5.78 Å². The van der Waals surface area contributed by atoms with Crippen molar-refractivity contribution in [1.29, 1.82) is 0 Å². The van der Waals surface area contributed by atoms with E-state index in [9.17, 15) is 33.1 Å². The number of aliphatic hydroxyl groups is 1. The van der Waals surface area contributed by atoms with Gasteiger partial charge in [-0.05, 0) is 43.6 Å². The van der Waals surface area contributed by atoms with Crippen molar-refractivity contribution in [2.75, 3.05) is 19.7 Å². The molecule has 3 amide bonds. The lowest BCUT2D eigenvalue weighted by Gasteiger charge is -2.29. The van der Waals surface area contributed by atoms with Crippen LogP contribution in [0.25, 0.3) is 10.9 Å². The first-order valence-corrected chi connectivity index (χ1v) is 12.8. The number of aromatic amines is 1. The summed E-state index contributed by atoms with van der Waals surface area (Å²) in [5.74, 6) is -4.30. The fourth-order valence-electron chi connectivity index (χ4n) is 6.10. The van der Waals surface area contributed by atoms with E-state index in [0.717, 1.165) is 12.8 Å². The van der Waals surface area contributed by atoms with E-state index in [1.54, 1.807) is 0 Å². The molecule has 37 heavy (non-hydrogen) atoms. The van der Waals surface area contributed by atoms with Crippen LogP contribution < -0.4 is 10.6 Å². The van der Waals surface area contributed by atoms with Crippen LogP contribution in [0.15, 0.2) is 12.1 Å². The van der Waals surface area contributed by atoms with Gasteiger partial charge in [-0.3, -0.25) is 19.2 Å². The van der Waals surface area contributed by atoms with Crippen LogP contribution in [0.4, 0.5) is 8.78 Å². The fourth-order valence-corrected chi connectivity index (χ4v) is 6.31. The molecular formula is C25H27ClF2N4O5. The van der Waals surface area contributed by atoms with Gasteiger partial charge in [0, 0.05) is 30.5 Å². The number of fused-ring (bicyclic) bond motifs is 2. The number of ketones is 1. The normalized spacial score (nSPS) is 25.8. The number of likely N-dealkylation sites (tertiary alicyclic amines) is 1. The molecule has 3 fully saturated rings. The number of H-pyrrole nitrogens is 1. The minimum atomic E-state index is -1.08. The maximum Gasteiger partial charge on any atom is 0.271 e. The van der Waals surface area contributed by atoms with E-state index in [4.69, 9.17) is 11.6 Å². The number of benzene rings is 1. The molecule has 1 aromatic heterocycles. The van der Waals surface area contributed by atoms with E-state index in [2.05, 4.69) is 15.6 Å². The summed E-state index contributed by atoms with van der Waals surface area (Å²) < 4.78 is 28.2. The monoisotopic (exact) mass is 536 g/mol. The molecular weight excluding hydrogens is 510 g/mol. The van der Waals surface area contributed by atoms with Gasteiger partial charge in [-0.25, -0.2) is 8.78 Å². The van der Waals surface area contributed by atoms with Crippen LogP contribution in [-0.2, 0) is 14.4 Å². The molecule has 1 aromatic carbocycles. The van der Waals surface area contributed by atoms with Crippen molar-refractivity contribution in [3.05, 3.63) is 34.5 Å².